The van der Waals surface area contributed by atoms with Crippen molar-refractivity contribution < 1.29 is 17.9 Å². The minimum atomic E-state index is -3.58. The molecule has 0 saturated carbocycles. The highest BCUT2D eigenvalue weighted by molar-refractivity contribution is 7.89. The summed E-state index contributed by atoms with van der Waals surface area (Å²) < 4.78 is 38.8. The molecule has 0 spiro atoms. The number of benzene rings is 3. The van der Waals surface area contributed by atoms with Crippen LogP contribution in [-0.4, -0.2) is 28.2 Å². The van der Waals surface area contributed by atoms with E-state index in [4.69, 9.17) is 9.47 Å². The van der Waals surface area contributed by atoms with Crippen LogP contribution in [0.3, 0.4) is 0 Å². The summed E-state index contributed by atoms with van der Waals surface area (Å²) in [6.45, 7) is 5.24. The van der Waals surface area contributed by atoms with Gasteiger partial charge in [0.15, 0.2) is 0 Å². The van der Waals surface area contributed by atoms with Crippen molar-refractivity contribution in [3.05, 3.63) is 96.1 Å². The Morgan fingerprint density at radius 1 is 0.774 bits per heavy atom. The van der Waals surface area contributed by atoms with Crippen LogP contribution in [-0.2, 0) is 10.0 Å². The second-order valence-electron chi connectivity index (χ2n) is 6.70. The summed E-state index contributed by atoms with van der Waals surface area (Å²) in [5.74, 6) is 1.59. The molecule has 0 radical (unpaired) electrons. The molecule has 3 rings (SSSR count). The van der Waals surface area contributed by atoms with Gasteiger partial charge in [0.2, 0.25) is 10.0 Å². The smallest absolute Gasteiger partial charge is 0.240 e. The molecule has 0 amide bonds. The number of rotatable bonds is 10. The van der Waals surface area contributed by atoms with Gasteiger partial charge in [0.1, 0.15) is 11.5 Å². The van der Waals surface area contributed by atoms with Gasteiger partial charge in [-0.1, -0.05) is 48.5 Å². The molecule has 0 aliphatic carbocycles. The van der Waals surface area contributed by atoms with E-state index < -0.39 is 10.0 Å². The topological polar surface area (TPSA) is 64.6 Å². The van der Waals surface area contributed by atoms with E-state index in [1.807, 2.05) is 68.5 Å². The van der Waals surface area contributed by atoms with Crippen LogP contribution in [0.4, 0.5) is 0 Å². The minimum Gasteiger partial charge on any atom is -0.494 e. The first-order valence-corrected chi connectivity index (χ1v) is 11.7. The molecular weight excluding hydrogens is 410 g/mol. The Morgan fingerprint density at radius 2 is 1.26 bits per heavy atom. The summed E-state index contributed by atoms with van der Waals surface area (Å²) in [6, 6.07) is 23.9. The first kappa shape index (κ1) is 22.6. The predicted molar refractivity (Wildman–Crippen MR) is 124 cm³/mol. The highest BCUT2D eigenvalue weighted by Crippen LogP contribution is 2.27. The summed E-state index contributed by atoms with van der Waals surface area (Å²) in [7, 11) is -3.58. The van der Waals surface area contributed by atoms with E-state index in [0.29, 0.717) is 13.2 Å². The molecular formula is C25H27NO4S. The largest absolute Gasteiger partial charge is 0.494 e. The van der Waals surface area contributed by atoms with Crippen molar-refractivity contribution in [1.29, 1.82) is 0 Å². The van der Waals surface area contributed by atoms with Gasteiger partial charge in [0.05, 0.1) is 18.1 Å². The Kier molecular flexibility index (Phi) is 7.87. The fourth-order valence-corrected chi connectivity index (χ4v) is 4.12. The molecule has 0 aliphatic heterocycles. The molecule has 5 nitrogen and oxygen atoms in total. The van der Waals surface area contributed by atoms with Gasteiger partial charge >= 0.3 is 0 Å². The molecule has 162 valence electrons. The quantitative estimate of drug-likeness (QED) is 0.490. The van der Waals surface area contributed by atoms with Crippen LogP contribution in [0.25, 0.3) is 5.57 Å². The standard InChI is InChI=1S/C25H27NO4S/c1-3-29-22-14-10-20(11-15-22)25(21-12-16-23(17-13-21)30-4-2)18-19-26-31(27,28)24-8-6-5-7-9-24/h5-18,26H,3-4,19H2,1-2H3. The van der Waals surface area contributed by atoms with Gasteiger partial charge in [0, 0.05) is 6.54 Å². The summed E-state index contributed by atoms with van der Waals surface area (Å²) in [5.41, 5.74) is 2.85. The second kappa shape index (κ2) is 10.8. The Morgan fingerprint density at radius 3 is 1.71 bits per heavy atom. The zero-order chi connectivity index (χ0) is 22.1. The highest BCUT2D eigenvalue weighted by Gasteiger charge is 2.12. The molecule has 0 atom stereocenters. The molecule has 1 N–H and O–H groups in total. The summed E-state index contributed by atoms with van der Waals surface area (Å²) in [6.07, 6.45) is 1.88. The summed E-state index contributed by atoms with van der Waals surface area (Å²) >= 11 is 0. The van der Waals surface area contributed by atoms with Crippen LogP contribution in [0.5, 0.6) is 11.5 Å². The van der Waals surface area contributed by atoms with Gasteiger partial charge in [-0.25, -0.2) is 13.1 Å². The van der Waals surface area contributed by atoms with Crippen LogP contribution >= 0.6 is 0 Å². The van der Waals surface area contributed by atoms with Crippen LogP contribution in [0.15, 0.2) is 89.8 Å². The van der Waals surface area contributed by atoms with Crippen molar-refractivity contribution >= 4 is 15.6 Å². The normalized spacial score (nSPS) is 11.0. The minimum absolute atomic E-state index is 0.160. The van der Waals surface area contributed by atoms with Crippen LogP contribution < -0.4 is 14.2 Å². The van der Waals surface area contributed by atoms with E-state index >= 15 is 0 Å². The lowest BCUT2D eigenvalue weighted by molar-refractivity contribution is 0.340. The van der Waals surface area contributed by atoms with Crippen molar-refractivity contribution in [3.8, 4) is 11.5 Å². The maximum absolute atomic E-state index is 12.5. The zero-order valence-corrected chi connectivity index (χ0v) is 18.6. The van der Waals surface area contributed by atoms with Crippen LogP contribution in [0.2, 0.25) is 0 Å². The number of hydrogen-bond acceptors (Lipinski definition) is 4. The lowest BCUT2D eigenvalue weighted by Crippen LogP contribution is -2.23. The zero-order valence-electron chi connectivity index (χ0n) is 17.7. The average Bonchev–Trinajstić information content (AvgIpc) is 2.79. The molecule has 0 bridgehead atoms. The van der Waals surface area contributed by atoms with Crippen molar-refractivity contribution in [3.63, 3.8) is 0 Å². The van der Waals surface area contributed by atoms with Crippen molar-refractivity contribution in [1.82, 2.24) is 4.72 Å². The van der Waals surface area contributed by atoms with Crippen LogP contribution in [0.1, 0.15) is 25.0 Å². The summed E-state index contributed by atoms with van der Waals surface area (Å²) in [4.78, 5) is 0.243. The van der Waals surface area contributed by atoms with E-state index in [9.17, 15) is 8.42 Å². The van der Waals surface area contributed by atoms with Gasteiger partial charge in [0.25, 0.3) is 0 Å². The Labute approximate surface area is 184 Å². The van der Waals surface area contributed by atoms with Gasteiger partial charge in [-0.3, -0.25) is 0 Å². The molecule has 3 aromatic carbocycles. The molecule has 0 aliphatic rings. The summed E-state index contributed by atoms with van der Waals surface area (Å²) in [5, 5.41) is 0. The van der Waals surface area contributed by atoms with Crippen LogP contribution in [0, 0.1) is 0 Å². The van der Waals surface area contributed by atoms with Gasteiger partial charge < -0.3 is 9.47 Å². The maximum atomic E-state index is 12.5. The second-order valence-corrected chi connectivity index (χ2v) is 8.46. The fraction of sp³-hybridized carbons (Fsp3) is 0.200. The van der Waals surface area contributed by atoms with E-state index in [-0.39, 0.29) is 11.4 Å². The number of hydrogen-bond donors (Lipinski definition) is 1. The number of sulfonamides is 1. The van der Waals surface area contributed by atoms with E-state index in [1.54, 1.807) is 30.3 Å². The molecule has 0 unspecified atom stereocenters. The first-order chi connectivity index (χ1) is 15.0. The first-order valence-electron chi connectivity index (χ1n) is 10.2. The van der Waals surface area contributed by atoms with Gasteiger partial charge in [-0.15, -0.1) is 0 Å². The molecule has 0 heterocycles. The van der Waals surface area contributed by atoms with Crippen molar-refractivity contribution in [2.45, 2.75) is 18.7 Å². The maximum Gasteiger partial charge on any atom is 0.240 e. The molecule has 3 aromatic rings. The van der Waals surface area contributed by atoms with E-state index in [2.05, 4.69) is 4.72 Å². The molecule has 0 aromatic heterocycles. The molecule has 6 heteroatoms. The van der Waals surface area contributed by atoms with Gasteiger partial charge in [-0.2, -0.15) is 0 Å². The third kappa shape index (κ3) is 6.20. The van der Waals surface area contributed by atoms with Gasteiger partial charge in [-0.05, 0) is 66.9 Å². The predicted octanol–water partition coefficient (Wildman–Crippen LogP) is 4.89. The molecule has 0 saturated heterocycles. The lowest BCUT2D eigenvalue weighted by Gasteiger charge is -2.12. The Balaban J connectivity index is 1.87. The monoisotopic (exact) mass is 437 g/mol. The Hall–Kier alpha value is -3.09. The average molecular weight is 438 g/mol. The Bertz CT molecular complexity index is 1040. The molecule has 0 fully saturated rings. The number of nitrogens with one attached hydrogen (secondary N) is 1. The van der Waals surface area contributed by atoms with E-state index in [1.165, 1.54) is 0 Å². The SMILES string of the molecule is CCOc1ccc(C(=CCNS(=O)(=O)c2ccccc2)c2ccc(OCC)cc2)cc1. The lowest BCUT2D eigenvalue weighted by atomic mass is 9.97. The third-order valence-electron chi connectivity index (χ3n) is 4.59. The highest BCUT2D eigenvalue weighted by atomic mass is 32.2. The van der Waals surface area contributed by atoms with Crippen molar-refractivity contribution in [2.24, 2.45) is 0 Å². The number of ether oxygens (including phenoxy) is 2. The van der Waals surface area contributed by atoms with Crippen molar-refractivity contribution in [2.75, 3.05) is 19.8 Å². The molecule has 31 heavy (non-hydrogen) atoms. The third-order valence-corrected chi connectivity index (χ3v) is 6.03. The fourth-order valence-electron chi connectivity index (χ4n) is 3.13. The van der Waals surface area contributed by atoms with E-state index in [0.717, 1.165) is 28.2 Å².